The number of nitrogens with one attached hydrogen (secondary N) is 1. The van der Waals surface area contributed by atoms with Crippen LogP contribution in [0.25, 0.3) is 0 Å². The molecule has 0 saturated heterocycles. The molecule has 110 valence electrons. The second kappa shape index (κ2) is 5.69. The molecule has 1 aromatic carbocycles. The molecule has 1 aliphatic heterocycles. The molecule has 5 nitrogen and oxygen atoms in total. The van der Waals surface area contributed by atoms with Crippen molar-refractivity contribution in [1.82, 2.24) is 9.97 Å². The summed E-state index contributed by atoms with van der Waals surface area (Å²) in [7, 11) is 0. The van der Waals surface area contributed by atoms with E-state index in [9.17, 15) is 0 Å². The zero-order chi connectivity index (χ0) is 14.8. The third-order valence-electron chi connectivity index (χ3n) is 3.78. The van der Waals surface area contributed by atoms with Crippen molar-refractivity contribution in [2.75, 3.05) is 16.9 Å². The lowest BCUT2D eigenvalue weighted by molar-refractivity contribution is 0.737. The van der Waals surface area contributed by atoms with Crippen molar-refractivity contribution in [3.8, 4) is 0 Å². The first-order chi connectivity index (χ1) is 10.2. The summed E-state index contributed by atoms with van der Waals surface area (Å²) in [5.41, 5.74) is 5.26. The molecule has 1 aromatic heterocycles. The maximum absolute atomic E-state index is 5.55. The molecule has 0 radical (unpaired) electrons. The summed E-state index contributed by atoms with van der Waals surface area (Å²) in [6.07, 6.45) is 2.25. The molecule has 0 fully saturated rings. The van der Waals surface area contributed by atoms with Crippen LogP contribution in [0.4, 0.5) is 17.3 Å². The Morgan fingerprint density at radius 1 is 1.24 bits per heavy atom. The van der Waals surface area contributed by atoms with Crippen molar-refractivity contribution in [1.29, 1.82) is 0 Å². The third kappa shape index (κ3) is 2.69. The summed E-state index contributed by atoms with van der Waals surface area (Å²) in [5, 5.41) is 0. The number of hydrogen-bond acceptors (Lipinski definition) is 5. The number of nitrogen functional groups attached to an aromatic ring is 1. The Bertz CT molecular complexity index is 638. The van der Waals surface area contributed by atoms with Crippen molar-refractivity contribution >= 4 is 17.3 Å². The Balaban J connectivity index is 2.07. The third-order valence-corrected chi connectivity index (χ3v) is 3.78. The summed E-state index contributed by atoms with van der Waals surface area (Å²) >= 11 is 0. The minimum absolute atomic E-state index is 0.261. The molecule has 3 rings (SSSR count). The molecule has 0 unspecified atom stereocenters. The fraction of sp³-hybridized carbons (Fsp3) is 0.375. The lowest BCUT2D eigenvalue weighted by Crippen LogP contribution is -2.26. The van der Waals surface area contributed by atoms with Crippen LogP contribution in [0, 0.1) is 0 Å². The van der Waals surface area contributed by atoms with Crippen LogP contribution in [-0.4, -0.2) is 16.5 Å². The Morgan fingerprint density at radius 2 is 2.05 bits per heavy atom. The maximum atomic E-state index is 5.55. The highest BCUT2D eigenvalue weighted by Crippen LogP contribution is 2.33. The van der Waals surface area contributed by atoms with Gasteiger partial charge >= 0.3 is 0 Å². The summed E-state index contributed by atoms with van der Waals surface area (Å²) in [6.45, 7) is 5.14. The SMILES string of the molecule is CC(C)c1nc(NN)cc(N2CCCc3ccccc32)n1. The lowest BCUT2D eigenvalue weighted by Gasteiger charge is -2.30. The number of hydrogen-bond donors (Lipinski definition) is 2. The maximum Gasteiger partial charge on any atom is 0.145 e. The molecule has 5 heteroatoms. The molecule has 0 bridgehead atoms. The predicted octanol–water partition coefficient (Wildman–Crippen LogP) is 2.97. The Kier molecular flexibility index (Phi) is 3.75. The zero-order valence-corrected chi connectivity index (χ0v) is 12.5. The van der Waals surface area contributed by atoms with Gasteiger partial charge in [-0.3, -0.25) is 0 Å². The van der Waals surface area contributed by atoms with Crippen LogP contribution in [0.5, 0.6) is 0 Å². The van der Waals surface area contributed by atoms with Gasteiger partial charge in [-0.05, 0) is 24.5 Å². The van der Waals surface area contributed by atoms with E-state index in [0.29, 0.717) is 5.82 Å². The second-order valence-electron chi connectivity index (χ2n) is 5.65. The van der Waals surface area contributed by atoms with Crippen LogP contribution in [0.2, 0.25) is 0 Å². The van der Waals surface area contributed by atoms with Crippen LogP contribution in [0.1, 0.15) is 37.6 Å². The molecule has 1 aliphatic rings. The van der Waals surface area contributed by atoms with Gasteiger partial charge in [-0.15, -0.1) is 0 Å². The Hall–Kier alpha value is -2.14. The van der Waals surface area contributed by atoms with E-state index in [1.54, 1.807) is 0 Å². The first-order valence-electron chi connectivity index (χ1n) is 7.40. The van der Waals surface area contributed by atoms with E-state index < -0.39 is 0 Å². The van der Waals surface area contributed by atoms with E-state index in [2.05, 4.69) is 53.4 Å². The van der Waals surface area contributed by atoms with Crippen molar-refractivity contribution in [3.63, 3.8) is 0 Å². The van der Waals surface area contributed by atoms with E-state index in [-0.39, 0.29) is 5.92 Å². The van der Waals surface area contributed by atoms with E-state index in [4.69, 9.17) is 10.8 Å². The van der Waals surface area contributed by atoms with Crippen molar-refractivity contribution in [2.24, 2.45) is 5.84 Å². The average molecular weight is 283 g/mol. The van der Waals surface area contributed by atoms with E-state index in [1.807, 2.05) is 6.07 Å². The number of aromatic nitrogens is 2. The average Bonchev–Trinajstić information content (AvgIpc) is 2.53. The van der Waals surface area contributed by atoms with Gasteiger partial charge in [0, 0.05) is 24.2 Å². The van der Waals surface area contributed by atoms with Crippen molar-refractivity contribution in [3.05, 3.63) is 41.7 Å². The van der Waals surface area contributed by atoms with Crippen molar-refractivity contribution in [2.45, 2.75) is 32.6 Å². The number of rotatable bonds is 3. The normalized spacial score (nSPS) is 14.2. The van der Waals surface area contributed by atoms with Gasteiger partial charge in [0.2, 0.25) is 0 Å². The highest BCUT2D eigenvalue weighted by Gasteiger charge is 2.20. The summed E-state index contributed by atoms with van der Waals surface area (Å²) in [5.74, 6) is 8.19. The first-order valence-corrected chi connectivity index (χ1v) is 7.40. The number of nitrogens with two attached hydrogens (primary N) is 1. The molecule has 0 spiro atoms. The van der Waals surface area contributed by atoms with Gasteiger partial charge in [-0.25, -0.2) is 15.8 Å². The number of aryl methyl sites for hydroxylation is 1. The minimum Gasteiger partial charge on any atom is -0.326 e. The standard InChI is InChI=1S/C16H21N5/c1-11(2)16-18-14(20-17)10-15(19-16)21-9-5-7-12-6-3-4-8-13(12)21/h3-4,6,8,10-11H,5,7,9,17H2,1-2H3,(H,18,19,20). The fourth-order valence-electron chi connectivity index (χ4n) is 2.69. The van der Waals surface area contributed by atoms with Crippen LogP contribution in [-0.2, 0) is 6.42 Å². The number of fused-ring (bicyclic) bond motifs is 1. The Morgan fingerprint density at radius 3 is 2.81 bits per heavy atom. The van der Waals surface area contributed by atoms with Gasteiger partial charge in [0.15, 0.2) is 0 Å². The largest absolute Gasteiger partial charge is 0.326 e. The highest BCUT2D eigenvalue weighted by atomic mass is 15.3. The molecular formula is C16H21N5. The molecule has 21 heavy (non-hydrogen) atoms. The lowest BCUT2D eigenvalue weighted by atomic mass is 10.0. The number of hydrazine groups is 1. The quantitative estimate of drug-likeness (QED) is 0.669. The van der Waals surface area contributed by atoms with Gasteiger partial charge in [-0.1, -0.05) is 32.0 Å². The summed E-state index contributed by atoms with van der Waals surface area (Å²) in [6, 6.07) is 10.4. The number of benzene rings is 1. The molecular weight excluding hydrogens is 262 g/mol. The topological polar surface area (TPSA) is 67.1 Å². The monoisotopic (exact) mass is 283 g/mol. The summed E-state index contributed by atoms with van der Waals surface area (Å²) < 4.78 is 0. The van der Waals surface area contributed by atoms with Gasteiger partial charge in [0.05, 0.1) is 0 Å². The van der Waals surface area contributed by atoms with Crippen LogP contribution in [0.15, 0.2) is 30.3 Å². The van der Waals surface area contributed by atoms with Crippen LogP contribution >= 0.6 is 0 Å². The van der Waals surface area contributed by atoms with Crippen LogP contribution < -0.4 is 16.2 Å². The molecule has 3 N–H and O–H groups in total. The fourth-order valence-corrected chi connectivity index (χ4v) is 2.69. The van der Waals surface area contributed by atoms with Gasteiger partial charge in [0.25, 0.3) is 0 Å². The smallest absolute Gasteiger partial charge is 0.145 e. The van der Waals surface area contributed by atoms with Crippen molar-refractivity contribution < 1.29 is 0 Å². The van der Waals surface area contributed by atoms with Crippen LogP contribution in [0.3, 0.4) is 0 Å². The molecule has 0 amide bonds. The first kappa shape index (κ1) is 13.8. The number of anilines is 3. The highest BCUT2D eigenvalue weighted by molar-refractivity contribution is 5.67. The number of para-hydroxylation sites is 1. The molecule has 2 aromatic rings. The Labute approximate surface area is 125 Å². The molecule has 0 atom stereocenters. The van der Waals surface area contributed by atoms with E-state index in [0.717, 1.165) is 31.0 Å². The van der Waals surface area contributed by atoms with E-state index >= 15 is 0 Å². The molecule has 2 heterocycles. The molecule has 0 saturated carbocycles. The van der Waals surface area contributed by atoms with Gasteiger partial charge < -0.3 is 10.3 Å². The van der Waals surface area contributed by atoms with Gasteiger partial charge in [0.1, 0.15) is 17.5 Å². The summed E-state index contributed by atoms with van der Waals surface area (Å²) in [4.78, 5) is 11.4. The zero-order valence-electron chi connectivity index (χ0n) is 12.5. The predicted molar refractivity (Wildman–Crippen MR) is 85.7 cm³/mol. The second-order valence-corrected chi connectivity index (χ2v) is 5.65. The molecule has 0 aliphatic carbocycles. The van der Waals surface area contributed by atoms with E-state index in [1.165, 1.54) is 11.3 Å². The van der Waals surface area contributed by atoms with Gasteiger partial charge in [-0.2, -0.15) is 0 Å². The minimum atomic E-state index is 0.261. The number of nitrogens with zero attached hydrogens (tertiary/aromatic N) is 3.